The van der Waals surface area contributed by atoms with Crippen molar-refractivity contribution in [3.8, 4) is 0 Å². The summed E-state index contributed by atoms with van der Waals surface area (Å²) in [5.41, 5.74) is 0.474. The lowest BCUT2D eigenvalue weighted by molar-refractivity contribution is -0.130. The van der Waals surface area contributed by atoms with Gasteiger partial charge in [-0.3, -0.25) is 14.5 Å². The first kappa shape index (κ1) is 15.2. The zero-order valence-electron chi connectivity index (χ0n) is 13.1. The number of benzene rings is 1. The fraction of sp³-hybridized carbons (Fsp3) is 0.375. The summed E-state index contributed by atoms with van der Waals surface area (Å²) in [7, 11) is 1.66. The molecule has 0 saturated carbocycles. The molecule has 1 aromatic heterocycles. The molecule has 1 atom stereocenters. The molecule has 24 heavy (non-hydrogen) atoms. The van der Waals surface area contributed by atoms with Crippen molar-refractivity contribution in [2.45, 2.75) is 18.5 Å². The van der Waals surface area contributed by atoms with E-state index in [9.17, 15) is 14.4 Å². The van der Waals surface area contributed by atoms with Gasteiger partial charge in [-0.25, -0.2) is 9.78 Å². The lowest BCUT2D eigenvalue weighted by Crippen LogP contribution is -2.47. The second-order valence-corrected chi connectivity index (χ2v) is 7.22. The zero-order valence-corrected chi connectivity index (χ0v) is 13.9. The average Bonchev–Trinajstić information content (AvgIpc) is 3.13. The van der Waals surface area contributed by atoms with Crippen LogP contribution in [0.2, 0.25) is 0 Å². The molecule has 0 radical (unpaired) electrons. The SMILES string of the molecule is Cn1c(=O)c(CN2C(=O)NC3(CCSC3)C2=O)nc2ccccc21. The normalized spacial score (nSPS) is 23.5. The summed E-state index contributed by atoms with van der Waals surface area (Å²) < 4.78 is 1.50. The average molecular weight is 344 g/mol. The third-order valence-electron chi connectivity index (χ3n) is 4.63. The molecule has 2 saturated heterocycles. The number of thioether (sulfide) groups is 1. The highest BCUT2D eigenvalue weighted by molar-refractivity contribution is 7.99. The lowest BCUT2D eigenvalue weighted by Gasteiger charge is -2.19. The number of imide groups is 1. The summed E-state index contributed by atoms with van der Waals surface area (Å²) >= 11 is 1.65. The minimum atomic E-state index is -0.802. The predicted molar refractivity (Wildman–Crippen MR) is 90.7 cm³/mol. The van der Waals surface area contributed by atoms with Gasteiger partial charge in [-0.1, -0.05) is 12.1 Å². The van der Waals surface area contributed by atoms with E-state index in [1.165, 1.54) is 4.57 Å². The van der Waals surface area contributed by atoms with Crippen LogP contribution in [-0.2, 0) is 18.4 Å². The Kier molecular flexibility index (Phi) is 3.38. The Morgan fingerprint density at radius 3 is 2.83 bits per heavy atom. The molecular formula is C16H16N4O3S. The van der Waals surface area contributed by atoms with Crippen molar-refractivity contribution in [3.05, 3.63) is 40.3 Å². The van der Waals surface area contributed by atoms with Crippen LogP contribution in [0.1, 0.15) is 12.1 Å². The van der Waals surface area contributed by atoms with Gasteiger partial charge in [-0.15, -0.1) is 0 Å². The highest BCUT2D eigenvalue weighted by Gasteiger charge is 2.53. The number of hydrogen-bond acceptors (Lipinski definition) is 5. The molecule has 0 bridgehead atoms. The molecule has 7 nitrogen and oxygen atoms in total. The van der Waals surface area contributed by atoms with Gasteiger partial charge < -0.3 is 9.88 Å². The van der Waals surface area contributed by atoms with E-state index in [4.69, 9.17) is 0 Å². The summed E-state index contributed by atoms with van der Waals surface area (Å²) in [4.78, 5) is 43.0. The quantitative estimate of drug-likeness (QED) is 0.817. The second kappa shape index (κ2) is 5.34. The summed E-state index contributed by atoms with van der Waals surface area (Å²) in [5, 5.41) is 2.80. The third kappa shape index (κ3) is 2.13. The molecule has 8 heteroatoms. The molecular weight excluding hydrogens is 328 g/mol. The standard InChI is InChI=1S/C16H16N4O3S/c1-19-12-5-3-2-4-10(12)17-11(13(19)21)8-20-14(22)16(18-15(20)23)6-7-24-9-16/h2-5H,6-9H2,1H3,(H,18,23). The number of nitrogens with zero attached hydrogens (tertiary/aromatic N) is 3. The maximum atomic E-state index is 12.7. The van der Waals surface area contributed by atoms with Gasteiger partial charge in [-0.05, 0) is 24.3 Å². The van der Waals surface area contributed by atoms with Crippen LogP contribution in [0.4, 0.5) is 4.79 Å². The van der Waals surface area contributed by atoms with Crippen molar-refractivity contribution >= 4 is 34.7 Å². The number of hydrogen-bond donors (Lipinski definition) is 1. The van der Waals surface area contributed by atoms with Gasteiger partial charge in [0.05, 0.1) is 17.6 Å². The van der Waals surface area contributed by atoms with Gasteiger partial charge in [0.1, 0.15) is 11.2 Å². The number of urea groups is 1. The molecule has 3 amide bonds. The minimum Gasteiger partial charge on any atom is -0.322 e. The number of aryl methyl sites for hydroxylation is 1. The van der Waals surface area contributed by atoms with Crippen molar-refractivity contribution in [1.82, 2.24) is 19.8 Å². The number of rotatable bonds is 2. The third-order valence-corrected chi connectivity index (χ3v) is 5.82. The fourth-order valence-electron chi connectivity index (χ4n) is 3.24. The Morgan fingerprint density at radius 1 is 1.29 bits per heavy atom. The van der Waals surface area contributed by atoms with Crippen molar-refractivity contribution in [3.63, 3.8) is 0 Å². The molecule has 0 aliphatic carbocycles. The number of para-hydroxylation sites is 2. The Morgan fingerprint density at radius 2 is 2.08 bits per heavy atom. The summed E-state index contributed by atoms with van der Waals surface area (Å²) in [6, 6.07) is 6.84. The number of amides is 3. The monoisotopic (exact) mass is 344 g/mol. The van der Waals surface area contributed by atoms with E-state index in [0.717, 1.165) is 10.7 Å². The minimum absolute atomic E-state index is 0.103. The van der Waals surface area contributed by atoms with E-state index in [1.54, 1.807) is 24.9 Å². The van der Waals surface area contributed by atoms with E-state index in [2.05, 4.69) is 10.3 Å². The number of carbonyl (C=O) groups is 2. The topological polar surface area (TPSA) is 84.3 Å². The highest BCUT2D eigenvalue weighted by Crippen LogP contribution is 2.33. The van der Waals surface area contributed by atoms with Gasteiger partial charge in [0.2, 0.25) is 0 Å². The van der Waals surface area contributed by atoms with Crippen LogP contribution < -0.4 is 10.9 Å². The summed E-state index contributed by atoms with van der Waals surface area (Å²) in [6.45, 7) is -0.103. The van der Waals surface area contributed by atoms with Gasteiger partial charge in [0, 0.05) is 12.8 Å². The first-order chi connectivity index (χ1) is 11.5. The highest BCUT2D eigenvalue weighted by atomic mass is 32.2. The lowest BCUT2D eigenvalue weighted by atomic mass is 9.99. The maximum absolute atomic E-state index is 12.7. The van der Waals surface area contributed by atoms with Gasteiger partial charge >= 0.3 is 6.03 Å². The number of nitrogens with one attached hydrogen (secondary N) is 1. The van der Waals surface area contributed by atoms with E-state index < -0.39 is 11.6 Å². The Bertz CT molecular complexity index is 917. The van der Waals surface area contributed by atoms with Gasteiger partial charge in [0.25, 0.3) is 11.5 Å². The van der Waals surface area contributed by atoms with Crippen LogP contribution in [0.3, 0.4) is 0 Å². The molecule has 1 aromatic carbocycles. The molecule has 1 unspecified atom stereocenters. The van der Waals surface area contributed by atoms with Crippen molar-refractivity contribution in [2.24, 2.45) is 7.05 Å². The molecule has 2 aromatic rings. The van der Waals surface area contributed by atoms with Crippen LogP contribution in [0, 0.1) is 0 Å². The van der Waals surface area contributed by atoms with Crippen molar-refractivity contribution in [1.29, 1.82) is 0 Å². The first-order valence-electron chi connectivity index (χ1n) is 7.68. The fourth-order valence-corrected chi connectivity index (χ4v) is 4.57. The second-order valence-electron chi connectivity index (χ2n) is 6.12. The first-order valence-corrected chi connectivity index (χ1v) is 8.84. The van der Waals surface area contributed by atoms with E-state index >= 15 is 0 Å². The van der Waals surface area contributed by atoms with Crippen molar-refractivity contribution in [2.75, 3.05) is 11.5 Å². The van der Waals surface area contributed by atoms with Gasteiger partial charge in [0.15, 0.2) is 0 Å². The Balaban J connectivity index is 1.72. The van der Waals surface area contributed by atoms with E-state index in [0.29, 0.717) is 23.2 Å². The van der Waals surface area contributed by atoms with Crippen LogP contribution in [-0.4, -0.2) is 43.4 Å². The molecule has 1 spiro atoms. The number of aromatic nitrogens is 2. The molecule has 2 aliphatic heterocycles. The summed E-state index contributed by atoms with van der Waals surface area (Å²) in [6.07, 6.45) is 0.627. The molecule has 1 N–H and O–H groups in total. The van der Waals surface area contributed by atoms with Crippen molar-refractivity contribution < 1.29 is 9.59 Å². The zero-order chi connectivity index (χ0) is 16.9. The Hall–Kier alpha value is -2.35. The number of carbonyl (C=O) groups excluding carboxylic acids is 2. The summed E-state index contributed by atoms with van der Waals surface area (Å²) in [5.74, 6) is 1.17. The van der Waals surface area contributed by atoms with Crippen LogP contribution in [0.5, 0.6) is 0 Å². The molecule has 2 fully saturated rings. The van der Waals surface area contributed by atoms with Gasteiger partial charge in [-0.2, -0.15) is 11.8 Å². The number of fused-ring (bicyclic) bond motifs is 1. The van der Waals surface area contributed by atoms with Crippen LogP contribution >= 0.6 is 11.8 Å². The van der Waals surface area contributed by atoms with Crippen LogP contribution in [0.25, 0.3) is 11.0 Å². The molecule has 4 rings (SSSR count). The molecule has 3 heterocycles. The van der Waals surface area contributed by atoms with Crippen LogP contribution in [0.15, 0.2) is 29.1 Å². The molecule has 124 valence electrons. The largest absolute Gasteiger partial charge is 0.325 e. The van der Waals surface area contributed by atoms with E-state index in [-0.39, 0.29) is 23.7 Å². The Labute approximate surface area is 142 Å². The smallest absolute Gasteiger partial charge is 0.322 e. The van der Waals surface area contributed by atoms with E-state index in [1.807, 2.05) is 18.2 Å². The predicted octanol–water partition coefficient (Wildman–Crippen LogP) is 0.861. The maximum Gasteiger partial charge on any atom is 0.325 e. The molecule has 2 aliphatic rings.